The molecule has 1 aromatic heterocycles. The van der Waals surface area contributed by atoms with E-state index < -0.39 is 0 Å². The van der Waals surface area contributed by atoms with Crippen LogP contribution in [-0.2, 0) is 13.0 Å². The Morgan fingerprint density at radius 2 is 1.63 bits per heavy atom. The average Bonchev–Trinajstić information content (AvgIpc) is 2.74. The Hall–Kier alpha value is -3.41. The smallest absolute Gasteiger partial charge is 0.315 e. The lowest BCUT2D eigenvalue weighted by molar-refractivity contribution is 0.240. The number of ether oxygens (including phenoxy) is 1. The molecule has 0 spiro atoms. The van der Waals surface area contributed by atoms with Gasteiger partial charge in [0.2, 0.25) is 0 Å². The Morgan fingerprint density at radius 3 is 2.30 bits per heavy atom. The molecule has 6 heteroatoms. The standard InChI is InChI=1S/C21H22N4O2/c1-27-19-9-7-16(8-10-19)13-25-21(26)22-12-11-17-14-23-20(24-15-17)18-5-3-2-4-6-18/h2-10,14-15H,11-13H2,1H3,(H2,22,25,26). The lowest BCUT2D eigenvalue weighted by atomic mass is 10.2. The molecule has 3 rings (SSSR count). The Labute approximate surface area is 158 Å². The number of methoxy groups -OCH3 is 1. The molecule has 3 aromatic rings. The molecule has 0 radical (unpaired) electrons. The molecule has 0 aliphatic heterocycles. The number of nitrogens with zero attached hydrogens (tertiary/aromatic N) is 2. The maximum Gasteiger partial charge on any atom is 0.315 e. The Balaban J connectivity index is 1.40. The SMILES string of the molecule is COc1ccc(CNC(=O)NCCc2cnc(-c3ccccc3)nc2)cc1. The van der Waals surface area contributed by atoms with E-state index in [-0.39, 0.29) is 6.03 Å². The molecule has 138 valence electrons. The minimum atomic E-state index is -0.201. The number of benzene rings is 2. The van der Waals surface area contributed by atoms with Gasteiger partial charge in [0.15, 0.2) is 5.82 Å². The van der Waals surface area contributed by atoms with Crippen LogP contribution >= 0.6 is 0 Å². The van der Waals surface area contributed by atoms with Gasteiger partial charge in [0.05, 0.1) is 7.11 Å². The van der Waals surface area contributed by atoms with Gasteiger partial charge in [-0.15, -0.1) is 0 Å². The highest BCUT2D eigenvalue weighted by Gasteiger charge is 2.03. The Bertz CT molecular complexity index is 850. The largest absolute Gasteiger partial charge is 0.497 e. The number of hydrogen-bond acceptors (Lipinski definition) is 4. The van der Waals surface area contributed by atoms with E-state index in [0.29, 0.717) is 25.3 Å². The molecule has 27 heavy (non-hydrogen) atoms. The van der Waals surface area contributed by atoms with Crippen LogP contribution in [0.4, 0.5) is 4.79 Å². The second-order valence-electron chi connectivity index (χ2n) is 5.99. The van der Waals surface area contributed by atoms with Gasteiger partial charge < -0.3 is 15.4 Å². The van der Waals surface area contributed by atoms with E-state index >= 15 is 0 Å². The molecule has 2 N–H and O–H groups in total. The van der Waals surface area contributed by atoms with Crippen molar-refractivity contribution in [3.8, 4) is 17.1 Å². The summed E-state index contributed by atoms with van der Waals surface area (Å²) >= 11 is 0. The first-order valence-electron chi connectivity index (χ1n) is 8.75. The van der Waals surface area contributed by atoms with Gasteiger partial charge in [-0.25, -0.2) is 14.8 Å². The fourth-order valence-corrected chi connectivity index (χ4v) is 2.53. The predicted molar refractivity (Wildman–Crippen MR) is 104 cm³/mol. The molecule has 0 atom stereocenters. The zero-order chi connectivity index (χ0) is 18.9. The quantitative estimate of drug-likeness (QED) is 0.677. The molecule has 0 unspecified atom stereocenters. The van der Waals surface area contributed by atoms with Gasteiger partial charge in [0.25, 0.3) is 0 Å². The highest BCUT2D eigenvalue weighted by molar-refractivity contribution is 5.73. The van der Waals surface area contributed by atoms with Crippen molar-refractivity contribution >= 4 is 6.03 Å². The number of nitrogens with one attached hydrogen (secondary N) is 2. The van der Waals surface area contributed by atoms with E-state index in [2.05, 4.69) is 20.6 Å². The van der Waals surface area contributed by atoms with Crippen molar-refractivity contribution < 1.29 is 9.53 Å². The van der Waals surface area contributed by atoms with Crippen LogP contribution in [0.3, 0.4) is 0 Å². The van der Waals surface area contributed by atoms with Crippen LogP contribution in [-0.4, -0.2) is 29.7 Å². The van der Waals surface area contributed by atoms with Crippen molar-refractivity contribution in [2.75, 3.05) is 13.7 Å². The van der Waals surface area contributed by atoms with Gasteiger partial charge in [0, 0.05) is 31.0 Å². The minimum Gasteiger partial charge on any atom is -0.497 e. The van der Waals surface area contributed by atoms with Crippen LogP contribution in [0.25, 0.3) is 11.4 Å². The normalized spacial score (nSPS) is 10.3. The summed E-state index contributed by atoms with van der Waals surface area (Å²) in [7, 11) is 1.63. The van der Waals surface area contributed by atoms with Gasteiger partial charge in [-0.2, -0.15) is 0 Å². The summed E-state index contributed by atoms with van der Waals surface area (Å²) in [6.07, 6.45) is 4.27. The average molecular weight is 362 g/mol. The molecule has 6 nitrogen and oxygen atoms in total. The highest BCUT2D eigenvalue weighted by atomic mass is 16.5. The van der Waals surface area contributed by atoms with Crippen molar-refractivity contribution in [2.45, 2.75) is 13.0 Å². The Morgan fingerprint density at radius 1 is 0.926 bits per heavy atom. The van der Waals surface area contributed by atoms with E-state index in [4.69, 9.17) is 4.74 Å². The number of urea groups is 1. The molecule has 0 aliphatic carbocycles. The fraction of sp³-hybridized carbons (Fsp3) is 0.190. The van der Waals surface area contributed by atoms with Gasteiger partial charge in [-0.1, -0.05) is 42.5 Å². The number of rotatable bonds is 7. The van der Waals surface area contributed by atoms with Crippen LogP contribution in [0, 0.1) is 0 Å². The Kier molecular flexibility index (Phi) is 6.35. The van der Waals surface area contributed by atoms with Gasteiger partial charge >= 0.3 is 6.03 Å². The zero-order valence-corrected chi connectivity index (χ0v) is 15.2. The number of aromatic nitrogens is 2. The number of carbonyl (C=O) groups excluding carboxylic acids is 1. The summed E-state index contributed by atoms with van der Waals surface area (Å²) < 4.78 is 5.11. The number of amides is 2. The van der Waals surface area contributed by atoms with Crippen LogP contribution in [0.2, 0.25) is 0 Å². The van der Waals surface area contributed by atoms with E-state index in [1.54, 1.807) is 19.5 Å². The van der Waals surface area contributed by atoms with E-state index in [1.165, 1.54) is 0 Å². The molecule has 2 aromatic carbocycles. The van der Waals surface area contributed by atoms with E-state index in [0.717, 1.165) is 22.4 Å². The molecule has 1 heterocycles. The highest BCUT2D eigenvalue weighted by Crippen LogP contribution is 2.13. The maximum absolute atomic E-state index is 11.9. The first-order valence-corrected chi connectivity index (χ1v) is 8.75. The number of hydrogen-bond donors (Lipinski definition) is 2. The summed E-state index contributed by atoms with van der Waals surface area (Å²) in [4.78, 5) is 20.7. The van der Waals surface area contributed by atoms with Gasteiger partial charge in [0.1, 0.15) is 5.75 Å². The van der Waals surface area contributed by atoms with Crippen molar-refractivity contribution in [3.63, 3.8) is 0 Å². The third-order valence-corrected chi connectivity index (χ3v) is 4.05. The fourth-order valence-electron chi connectivity index (χ4n) is 2.53. The molecular weight excluding hydrogens is 340 g/mol. The van der Waals surface area contributed by atoms with E-state index in [1.807, 2.05) is 54.6 Å². The molecule has 0 saturated heterocycles. The zero-order valence-electron chi connectivity index (χ0n) is 15.2. The molecule has 2 amide bonds. The number of carbonyl (C=O) groups is 1. The van der Waals surface area contributed by atoms with Crippen LogP contribution < -0.4 is 15.4 Å². The van der Waals surface area contributed by atoms with Crippen molar-refractivity contribution in [1.29, 1.82) is 0 Å². The van der Waals surface area contributed by atoms with Crippen molar-refractivity contribution in [1.82, 2.24) is 20.6 Å². The van der Waals surface area contributed by atoms with Crippen molar-refractivity contribution in [3.05, 3.63) is 78.1 Å². The van der Waals surface area contributed by atoms with Gasteiger partial charge in [-0.05, 0) is 29.7 Å². The first kappa shape index (κ1) is 18.4. The van der Waals surface area contributed by atoms with Crippen LogP contribution in [0.15, 0.2) is 67.0 Å². The molecule has 0 bridgehead atoms. The first-order chi connectivity index (χ1) is 13.2. The predicted octanol–water partition coefficient (Wildman–Crippen LogP) is 3.19. The van der Waals surface area contributed by atoms with Crippen LogP contribution in [0.5, 0.6) is 5.75 Å². The monoisotopic (exact) mass is 362 g/mol. The second kappa shape index (κ2) is 9.33. The summed E-state index contributed by atoms with van der Waals surface area (Å²) in [6.45, 7) is 0.979. The summed E-state index contributed by atoms with van der Waals surface area (Å²) in [6, 6.07) is 17.2. The topological polar surface area (TPSA) is 76.1 Å². The lowest BCUT2D eigenvalue weighted by Crippen LogP contribution is -2.36. The van der Waals surface area contributed by atoms with Crippen molar-refractivity contribution in [2.24, 2.45) is 0 Å². The second-order valence-corrected chi connectivity index (χ2v) is 5.99. The summed E-state index contributed by atoms with van der Waals surface area (Å²) in [5, 5.41) is 5.67. The third kappa shape index (κ3) is 5.54. The molecule has 0 fully saturated rings. The van der Waals surface area contributed by atoms with Gasteiger partial charge in [-0.3, -0.25) is 0 Å². The molecular formula is C21H22N4O2. The minimum absolute atomic E-state index is 0.201. The van der Waals surface area contributed by atoms with E-state index in [9.17, 15) is 4.79 Å². The van der Waals surface area contributed by atoms with Crippen LogP contribution in [0.1, 0.15) is 11.1 Å². The summed E-state index contributed by atoms with van der Waals surface area (Å²) in [5.41, 5.74) is 2.97. The molecule has 0 saturated carbocycles. The molecule has 0 aliphatic rings. The maximum atomic E-state index is 11.9. The lowest BCUT2D eigenvalue weighted by Gasteiger charge is -2.08. The summed E-state index contributed by atoms with van der Waals surface area (Å²) in [5.74, 6) is 1.49. The third-order valence-electron chi connectivity index (χ3n) is 4.05.